The molecular formula is C22H28N2O2. The molecule has 1 saturated heterocycles. The van der Waals surface area contributed by atoms with Crippen molar-refractivity contribution < 1.29 is 9.53 Å². The summed E-state index contributed by atoms with van der Waals surface area (Å²) in [7, 11) is 0. The van der Waals surface area contributed by atoms with Crippen LogP contribution in [0.1, 0.15) is 37.9 Å². The van der Waals surface area contributed by atoms with Gasteiger partial charge in [-0.2, -0.15) is 0 Å². The summed E-state index contributed by atoms with van der Waals surface area (Å²) in [6, 6.07) is 21.3. The van der Waals surface area contributed by atoms with Gasteiger partial charge in [0.25, 0.3) is 0 Å². The lowest BCUT2D eigenvalue weighted by molar-refractivity contribution is -0.0710. The Kier molecular flexibility index (Phi) is 5.33. The standard InChI is InChI=1S/C22H28N2O2/c1-22(2,3)20(26-21(23)25)18-14-24(15-18)19(16-10-6-4-7-11-16)17-12-8-5-9-13-17/h4-13,18-20H,14-15H2,1-3H3,(H2,23,25). The number of hydrogen-bond acceptors (Lipinski definition) is 3. The summed E-state index contributed by atoms with van der Waals surface area (Å²) in [5, 5.41) is 0. The van der Waals surface area contributed by atoms with E-state index in [-0.39, 0.29) is 23.5 Å². The van der Waals surface area contributed by atoms with Crippen molar-refractivity contribution >= 4 is 6.09 Å². The molecular weight excluding hydrogens is 324 g/mol. The van der Waals surface area contributed by atoms with Gasteiger partial charge in [-0.1, -0.05) is 81.4 Å². The summed E-state index contributed by atoms with van der Waals surface area (Å²) >= 11 is 0. The van der Waals surface area contributed by atoms with E-state index in [4.69, 9.17) is 10.5 Å². The number of ether oxygens (including phenoxy) is 1. The van der Waals surface area contributed by atoms with Crippen LogP contribution in [0.4, 0.5) is 4.79 Å². The third-order valence-electron chi connectivity index (χ3n) is 5.06. The van der Waals surface area contributed by atoms with E-state index >= 15 is 0 Å². The largest absolute Gasteiger partial charge is 0.445 e. The summed E-state index contributed by atoms with van der Waals surface area (Å²) < 4.78 is 5.47. The van der Waals surface area contributed by atoms with Crippen LogP contribution >= 0.6 is 0 Å². The molecule has 3 rings (SSSR count). The first-order valence-corrected chi connectivity index (χ1v) is 9.16. The van der Waals surface area contributed by atoms with Crippen molar-refractivity contribution in [1.29, 1.82) is 0 Å². The van der Waals surface area contributed by atoms with Crippen LogP contribution in [0, 0.1) is 11.3 Å². The molecule has 0 saturated carbocycles. The summed E-state index contributed by atoms with van der Waals surface area (Å²) in [6.45, 7) is 8.03. The van der Waals surface area contributed by atoms with Crippen LogP contribution in [0.5, 0.6) is 0 Å². The number of hydrogen-bond donors (Lipinski definition) is 1. The molecule has 1 heterocycles. The van der Waals surface area contributed by atoms with Gasteiger partial charge in [0.2, 0.25) is 0 Å². The van der Waals surface area contributed by atoms with Gasteiger partial charge < -0.3 is 10.5 Å². The number of primary amides is 1. The van der Waals surface area contributed by atoms with Gasteiger partial charge in [-0.15, -0.1) is 0 Å². The number of carbonyl (C=O) groups excluding carboxylic acids is 1. The molecule has 26 heavy (non-hydrogen) atoms. The second kappa shape index (κ2) is 7.50. The molecule has 1 atom stereocenters. The van der Waals surface area contributed by atoms with Gasteiger partial charge in [-0.3, -0.25) is 4.90 Å². The lowest BCUT2D eigenvalue weighted by atomic mass is 9.76. The third-order valence-corrected chi connectivity index (χ3v) is 5.06. The minimum atomic E-state index is -0.689. The average molecular weight is 352 g/mol. The Bertz CT molecular complexity index is 679. The Morgan fingerprint density at radius 2 is 1.46 bits per heavy atom. The van der Waals surface area contributed by atoms with Gasteiger partial charge in [0.1, 0.15) is 6.10 Å². The van der Waals surface area contributed by atoms with E-state index in [0.717, 1.165) is 13.1 Å². The SMILES string of the molecule is CC(C)(C)C(OC(N)=O)C1CN(C(c2ccccc2)c2ccccc2)C1. The Balaban J connectivity index is 1.80. The Labute approximate surface area is 156 Å². The summed E-state index contributed by atoms with van der Waals surface area (Å²) in [4.78, 5) is 13.8. The van der Waals surface area contributed by atoms with Gasteiger partial charge in [0.15, 0.2) is 0 Å². The first-order valence-electron chi connectivity index (χ1n) is 9.16. The van der Waals surface area contributed by atoms with E-state index in [0.29, 0.717) is 0 Å². The molecule has 1 aliphatic rings. The molecule has 0 spiro atoms. The monoisotopic (exact) mass is 352 g/mol. The van der Waals surface area contributed by atoms with Gasteiger partial charge in [-0.05, 0) is 16.5 Å². The molecule has 2 aromatic carbocycles. The molecule has 1 aliphatic heterocycles. The molecule has 0 radical (unpaired) electrons. The zero-order chi connectivity index (χ0) is 18.7. The predicted octanol–water partition coefficient (Wildman–Crippen LogP) is 4.22. The molecule has 1 amide bonds. The number of carbonyl (C=O) groups is 1. The molecule has 1 fully saturated rings. The number of nitrogens with two attached hydrogens (primary N) is 1. The topological polar surface area (TPSA) is 55.6 Å². The van der Waals surface area contributed by atoms with E-state index in [2.05, 4.69) is 74.2 Å². The molecule has 2 aromatic rings. The first kappa shape index (κ1) is 18.5. The number of rotatable bonds is 5. The lowest BCUT2D eigenvalue weighted by Crippen LogP contribution is -2.57. The summed E-state index contributed by atoms with van der Waals surface area (Å²) in [5.74, 6) is 0.289. The van der Waals surface area contributed by atoms with Crippen molar-refractivity contribution in [1.82, 2.24) is 4.90 Å². The van der Waals surface area contributed by atoms with Crippen LogP contribution in [0.15, 0.2) is 60.7 Å². The smallest absolute Gasteiger partial charge is 0.404 e. The zero-order valence-electron chi connectivity index (χ0n) is 15.8. The van der Waals surface area contributed by atoms with Crippen molar-refractivity contribution in [2.45, 2.75) is 32.9 Å². The second-order valence-corrected chi connectivity index (χ2v) is 8.16. The zero-order valence-corrected chi connectivity index (χ0v) is 15.8. The van der Waals surface area contributed by atoms with Gasteiger partial charge in [0.05, 0.1) is 6.04 Å². The van der Waals surface area contributed by atoms with Crippen molar-refractivity contribution in [2.75, 3.05) is 13.1 Å². The van der Waals surface area contributed by atoms with Crippen LogP contribution in [0.3, 0.4) is 0 Å². The van der Waals surface area contributed by atoms with Crippen molar-refractivity contribution in [2.24, 2.45) is 17.1 Å². The highest BCUT2D eigenvalue weighted by molar-refractivity contribution is 5.65. The fraction of sp³-hybridized carbons (Fsp3) is 0.409. The highest BCUT2D eigenvalue weighted by atomic mass is 16.6. The number of nitrogens with zero attached hydrogens (tertiary/aromatic N) is 1. The Morgan fingerprint density at radius 3 is 1.85 bits per heavy atom. The molecule has 4 nitrogen and oxygen atoms in total. The van der Waals surface area contributed by atoms with Crippen LogP contribution in [0.2, 0.25) is 0 Å². The summed E-state index contributed by atoms with van der Waals surface area (Å²) in [6.07, 6.45) is -0.866. The van der Waals surface area contributed by atoms with E-state index in [9.17, 15) is 4.79 Å². The van der Waals surface area contributed by atoms with Crippen LogP contribution in [-0.2, 0) is 4.74 Å². The van der Waals surface area contributed by atoms with E-state index in [1.165, 1.54) is 11.1 Å². The molecule has 138 valence electrons. The fourth-order valence-electron chi connectivity index (χ4n) is 3.94. The minimum Gasteiger partial charge on any atom is -0.445 e. The van der Waals surface area contributed by atoms with Crippen LogP contribution in [0.25, 0.3) is 0 Å². The first-order chi connectivity index (χ1) is 12.4. The molecule has 4 heteroatoms. The highest BCUT2D eigenvalue weighted by Crippen LogP contribution is 2.39. The molecule has 1 unspecified atom stereocenters. The Morgan fingerprint density at radius 1 is 1.00 bits per heavy atom. The molecule has 0 aromatic heterocycles. The van der Waals surface area contributed by atoms with Gasteiger partial charge >= 0.3 is 6.09 Å². The molecule has 0 bridgehead atoms. The van der Waals surface area contributed by atoms with Crippen LogP contribution in [-0.4, -0.2) is 30.2 Å². The van der Waals surface area contributed by atoms with E-state index in [1.54, 1.807) is 0 Å². The average Bonchev–Trinajstić information content (AvgIpc) is 2.56. The summed E-state index contributed by atoms with van der Waals surface area (Å²) in [5.41, 5.74) is 7.73. The van der Waals surface area contributed by atoms with Crippen LogP contribution < -0.4 is 5.73 Å². The quantitative estimate of drug-likeness (QED) is 0.876. The Hall–Kier alpha value is -2.33. The molecule has 2 N–H and O–H groups in total. The predicted molar refractivity (Wildman–Crippen MR) is 104 cm³/mol. The molecule has 0 aliphatic carbocycles. The van der Waals surface area contributed by atoms with E-state index in [1.807, 2.05) is 12.1 Å². The minimum absolute atomic E-state index is 0.138. The van der Waals surface area contributed by atoms with E-state index < -0.39 is 6.09 Å². The maximum Gasteiger partial charge on any atom is 0.404 e. The van der Waals surface area contributed by atoms with Crippen molar-refractivity contribution in [3.63, 3.8) is 0 Å². The van der Waals surface area contributed by atoms with Crippen molar-refractivity contribution in [3.05, 3.63) is 71.8 Å². The number of amides is 1. The normalized spacial score (nSPS) is 16.9. The highest BCUT2D eigenvalue weighted by Gasteiger charge is 2.44. The third kappa shape index (κ3) is 4.07. The van der Waals surface area contributed by atoms with Gasteiger partial charge in [-0.25, -0.2) is 4.79 Å². The fourth-order valence-corrected chi connectivity index (χ4v) is 3.94. The maximum atomic E-state index is 11.3. The van der Waals surface area contributed by atoms with Crippen molar-refractivity contribution in [3.8, 4) is 0 Å². The number of likely N-dealkylation sites (tertiary alicyclic amines) is 1. The van der Waals surface area contributed by atoms with Gasteiger partial charge in [0, 0.05) is 19.0 Å². The lowest BCUT2D eigenvalue weighted by Gasteiger charge is -2.49. The number of benzene rings is 2. The second-order valence-electron chi connectivity index (χ2n) is 8.16. The maximum absolute atomic E-state index is 11.3.